The van der Waals surface area contributed by atoms with Crippen molar-refractivity contribution in [2.45, 2.75) is 26.4 Å². The molecule has 3 heteroatoms. The van der Waals surface area contributed by atoms with Crippen molar-refractivity contribution < 1.29 is 9.53 Å². The Morgan fingerprint density at radius 3 is 2.67 bits per heavy atom. The third-order valence-corrected chi connectivity index (χ3v) is 1.20. The fourth-order valence-electron chi connectivity index (χ4n) is 0.657. The minimum atomic E-state index is -0.347. The van der Waals surface area contributed by atoms with E-state index in [0.717, 1.165) is 0 Å². The van der Waals surface area contributed by atoms with Gasteiger partial charge in [0, 0.05) is 6.42 Å². The zero-order valence-electron chi connectivity index (χ0n) is 5.55. The maximum absolute atomic E-state index is 10.6. The van der Waals surface area contributed by atoms with E-state index in [4.69, 9.17) is 4.74 Å². The number of nitrogens with zero attached hydrogens (tertiary/aromatic N) is 1. The molecule has 1 aliphatic heterocycles. The number of carbonyl (C=O) groups is 1. The summed E-state index contributed by atoms with van der Waals surface area (Å²) in [5, 5.41) is 0. The largest absolute Gasteiger partial charge is 0.468 e. The molecule has 1 heterocycles. The molecule has 0 bridgehead atoms. The smallest absolute Gasteiger partial charge is 0.289 e. The summed E-state index contributed by atoms with van der Waals surface area (Å²) in [5.74, 6) is 0.402. The van der Waals surface area contributed by atoms with Gasteiger partial charge in [-0.25, -0.2) is 0 Å². The van der Waals surface area contributed by atoms with Crippen LogP contribution in [0.4, 0.5) is 0 Å². The highest BCUT2D eigenvalue weighted by atomic mass is 16.5. The molecule has 1 unspecified atom stereocenters. The third-order valence-electron chi connectivity index (χ3n) is 1.20. The molecular weight excluding hydrogens is 118 g/mol. The average molecular weight is 127 g/mol. The summed E-state index contributed by atoms with van der Waals surface area (Å²) in [5.41, 5.74) is 0. The zero-order chi connectivity index (χ0) is 6.85. The molecule has 50 valence electrons. The lowest BCUT2D eigenvalue weighted by atomic mass is 10.4. The maximum Gasteiger partial charge on any atom is 0.289 e. The number of ether oxygens (including phenoxy) is 1. The standard InChI is InChI=1S/C6H9NO2/c1-3-5-7-6(8)4(2)9-5/h4H,3H2,1-2H3. The van der Waals surface area contributed by atoms with Crippen molar-refractivity contribution in [3.8, 4) is 0 Å². The molecule has 0 fully saturated rings. The molecule has 1 aliphatic rings. The van der Waals surface area contributed by atoms with Crippen LogP contribution >= 0.6 is 0 Å². The molecule has 0 aromatic rings. The Morgan fingerprint density at radius 2 is 2.44 bits per heavy atom. The number of amides is 1. The van der Waals surface area contributed by atoms with Gasteiger partial charge < -0.3 is 4.74 Å². The van der Waals surface area contributed by atoms with Gasteiger partial charge >= 0.3 is 0 Å². The number of hydrogen-bond acceptors (Lipinski definition) is 2. The van der Waals surface area contributed by atoms with Crippen LogP contribution in [0.5, 0.6) is 0 Å². The summed E-state index contributed by atoms with van der Waals surface area (Å²) in [6.07, 6.45) is 0.357. The fraction of sp³-hybridized carbons (Fsp3) is 0.667. The molecule has 1 atom stereocenters. The normalized spacial score (nSPS) is 25.8. The van der Waals surface area contributed by atoms with Gasteiger partial charge in [-0.3, -0.25) is 4.79 Å². The Hall–Kier alpha value is -0.860. The van der Waals surface area contributed by atoms with Crippen LogP contribution in [0.2, 0.25) is 0 Å². The van der Waals surface area contributed by atoms with Crippen LogP contribution in [-0.2, 0) is 9.53 Å². The second-order valence-corrected chi connectivity index (χ2v) is 1.96. The van der Waals surface area contributed by atoms with E-state index in [-0.39, 0.29) is 12.0 Å². The highest BCUT2D eigenvalue weighted by Crippen LogP contribution is 2.06. The molecule has 0 aliphatic carbocycles. The van der Waals surface area contributed by atoms with Crippen molar-refractivity contribution in [2.75, 3.05) is 0 Å². The fourth-order valence-corrected chi connectivity index (χ4v) is 0.657. The minimum absolute atomic E-state index is 0.160. The highest BCUT2D eigenvalue weighted by Gasteiger charge is 2.22. The van der Waals surface area contributed by atoms with E-state index in [1.807, 2.05) is 6.92 Å². The molecular formula is C6H9NO2. The molecule has 0 N–H and O–H groups in total. The first-order valence-electron chi connectivity index (χ1n) is 3.02. The van der Waals surface area contributed by atoms with E-state index in [1.54, 1.807) is 6.92 Å². The predicted molar refractivity (Wildman–Crippen MR) is 33.3 cm³/mol. The first kappa shape index (κ1) is 6.26. The summed E-state index contributed by atoms with van der Waals surface area (Å²) in [7, 11) is 0. The lowest BCUT2D eigenvalue weighted by molar-refractivity contribution is -0.121. The molecule has 0 saturated carbocycles. The maximum atomic E-state index is 10.6. The van der Waals surface area contributed by atoms with Crippen molar-refractivity contribution in [3.05, 3.63) is 0 Å². The Bertz CT molecular complexity index is 162. The van der Waals surface area contributed by atoms with Crippen LogP contribution in [0.3, 0.4) is 0 Å². The summed E-state index contributed by atoms with van der Waals surface area (Å²) in [6, 6.07) is 0. The van der Waals surface area contributed by atoms with Gasteiger partial charge in [-0.2, -0.15) is 4.99 Å². The zero-order valence-corrected chi connectivity index (χ0v) is 5.55. The first-order chi connectivity index (χ1) is 4.24. The molecule has 0 saturated heterocycles. The van der Waals surface area contributed by atoms with Crippen molar-refractivity contribution in [1.29, 1.82) is 0 Å². The number of carbonyl (C=O) groups excluding carboxylic acids is 1. The Morgan fingerprint density at radius 1 is 1.78 bits per heavy atom. The van der Waals surface area contributed by atoms with Gasteiger partial charge in [0.2, 0.25) is 0 Å². The van der Waals surface area contributed by atoms with E-state index in [2.05, 4.69) is 4.99 Å². The Labute approximate surface area is 53.7 Å². The van der Waals surface area contributed by atoms with Gasteiger partial charge in [0.1, 0.15) is 0 Å². The summed E-state index contributed by atoms with van der Waals surface area (Å²) >= 11 is 0. The lowest BCUT2D eigenvalue weighted by Crippen LogP contribution is -2.11. The topological polar surface area (TPSA) is 38.7 Å². The predicted octanol–water partition coefficient (Wildman–Crippen LogP) is 0.740. The van der Waals surface area contributed by atoms with Crippen LogP contribution in [-0.4, -0.2) is 17.9 Å². The Balaban J connectivity index is 2.62. The van der Waals surface area contributed by atoms with Crippen LogP contribution in [0.25, 0.3) is 0 Å². The SMILES string of the molecule is CCC1=NC(=O)C(C)O1. The number of rotatable bonds is 1. The molecule has 0 radical (unpaired) electrons. The molecule has 0 aromatic heterocycles. The lowest BCUT2D eigenvalue weighted by Gasteiger charge is -1.99. The van der Waals surface area contributed by atoms with E-state index in [0.29, 0.717) is 12.3 Å². The molecule has 3 nitrogen and oxygen atoms in total. The highest BCUT2D eigenvalue weighted by molar-refractivity contribution is 5.98. The van der Waals surface area contributed by atoms with Gasteiger partial charge in [-0.05, 0) is 6.92 Å². The average Bonchev–Trinajstić information content (AvgIpc) is 2.13. The van der Waals surface area contributed by atoms with E-state index in [1.165, 1.54) is 0 Å². The third kappa shape index (κ3) is 1.09. The molecule has 0 spiro atoms. The number of hydrogen-bond donors (Lipinski definition) is 0. The van der Waals surface area contributed by atoms with Gasteiger partial charge in [-0.1, -0.05) is 6.92 Å². The van der Waals surface area contributed by atoms with Gasteiger partial charge in [-0.15, -0.1) is 0 Å². The van der Waals surface area contributed by atoms with Crippen molar-refractivity contribution in [2.24, 2.45) is 4.99 Å². The van der Waals surface area contributed by atoms with Gasteiger partial charge in [0.25, 0.3) is 5.91 Å². The molecule has 9 heavy (non-hydrogen) atoms. The van der Waals surface area contributed by atoms with Gasteiger partial charge in [0.15, 0.2) is 12.0 Å². The quantitative estimate of drug-likeness (QED) is 0.521. The summed E-state index contributed by atoms with van der Waals surface area (Å²) in [4.78, 5) is 14.3. The number of aliphatic imine (C=N–C) groups is 1. The van der Waals surface area contributed by atoms with Crippen LogP contribution in [0.1, 0.15) is 20.3 Å². The summed E-state index contributed by atoms with van der Waals surface area (Å²) in [6.45, 7) is 3.61. The van der Waals surface area contributed by atoms with E-state index in [9.17, 15) is 4.79 Å². The van der Waals surface area contributed by atoms with E-state index >= 15 is 0 Å². The summed E-state index contributed by atoms with van der Waals surface area (Å²) < 4.78 is 5.02. The second-order valence-electron chi connectivity index (χ2n) is 1.96. The van der Waals surface area contributed by atoms with Crippen molar-refractivity contribution in [1.82, 2.24) is 0 Å². The molecule has 1 rings (SSSR count). The first-order valence-corrected chi connectivity index (χ1v) is 3.02. The van der Waals surface area contributed by atoms with Gasteiger partial charge in [0.05, 0.1) is 0 Å². The second kappa shape index (κ2) is 2.17. The molecule has 1 amide bonds. The monoisotopic (exact) mass is 127 g/mol. The Kier molecular flexibility index (Phi) is 1.51. The van der Waals surface area contributed by atoms with Crippen LogP contribution in [0, 0.1) is 0 Å². The minimum Gasteiger partial charge on any atom is -0.468 e. The van der Waals surface area contributed by atoms with Crippen LogP contribution in [0.15, 0.2) is 4.99 Å². The van der Waals surface area contributed by atoms with E-state index < -0.39 is 0 Å². The van der Waals surface area contributed by atoms with Crippen molar-refractivity contribution >= 4 is 11.8 Å². The molecule has 0 aromatic carbocycles. The van der Waals surface area contributed by atoms with Crippen molar-refractivity contribution in [3.63, 3.8) is 0 Å². The van der Waals surface area contributed by atoms with Crippen LogP contribution < -0.4 is 0 Å².